The minimum Gasteiger partial charge on any atom is -0.502 e. The number of fused-ring (bicyclic) bond motifs is 7. The van der Waals surface area contributed by atoms with Crippen molar-refractivity contribution >= 4 is 11.6 Å². The molecule has 1 amide bonds. The van der Waals surface area contributed by atoms with Crippen LogP contribution in [0.3, 0.4) is 0 Å². The number of aromatic nitrogens is 1. The van der Waals surface area contributed by atoms with Gasteiger partial charge in [-0.25, -0.2) is 8.78 Å². The Morgan fingerprint density at radius 2 is 1.79 bits per heavy atom. The monoisotopic (exact) mass is 520 g/mol. The quantitative estimate of drug-likeness (QED) is 0.530. The molecule has 3 atom stereocenters. The second-order valence-electron chi connectivity index (χ2n) is 10.2. The van der Waals surface area contributed by atoms with Gasteiger partial charge in [-0.1, -0.05) is 24.3 Å². The fourth-order valence-corrected chi connectivity index (χ4v) is 6.63. The fourth-order valence-electron chi connectivity index (χ4n) is 6.63. The average molecular weight is 521 g/mol. The van der Waals surface area contributed by atoms with E-state index in [1.165, 1.54) is 12.3 Å². The van der Waals surface area contributed by atoms with Crippen LogP contribution >= 0.6 is 0 Å². The second kappa shape index (κ2) is 8.56. The third kappa shape index (κ3) is 3.16. The molecule has 38 heavy (non-hydrogen) atoms. The van der Waals surface area contributed by atoms with Crippen molar-refractivity contribution in [3.63, 3.8) is 0 Å². The summed E-state index contributed by atoms with van der Waals surface area (Å²) in [4.78, 5) is 29.7. The van der Waals surface area contributed by atoms with Crippen LogP contribution in [-0.4, -0.2) is 53.1 Å². The van der Waals surface area contributed by atoms with Gasteiger partial charge in [-0.05, 0) is 37.0 Å². The first-order chi connectivity index (χ1) is 18.5. The highest BCUT2D eigenvalue weighted by Gasteiger charge is 2.47. The Balaban J connectivity index is 1.56. The zero-order valence-corrected chi connectivity index (χ0v) is 20.5. The van der Waals surface area contributed by atoms with Gasteiger partial charge in [0.2, 0.25) is 5.43 Å². The molecule has 1 aromatic heterocycles. The smallest absolute Gasteiger partial charge is 0.278 e. The summed E-state index contributed by atoms with van der Waals surface area (Å²) in [6, 6.07) is 10.5. The van der Waals surface area contributed by atoms with Gasteiger partial charge in [0, 0.05) is 42.2 Å². The molecule has 10 heteroatoms. The number of hydrogen-bond acceptors (Lipinski definition) is 6. The van der Waals surface area contributed by atoms with E-state index in [9.17, 15) is 19.1 Å². The van der Waals surface area contributed by atoms with Crippen molar-refractivity contribution in [2.45, 2.75) is 37.5 Å². The van der Waals surface area contributed by atoms with Crippen molar-refractivity contribution in [3.8, 4) is 5.75 Å². The van der Waals surface area contributed by atoms with Gasteiger partial charge in [-0.15, -0.1) is 0 Å². The standard InChI is InChI=1S/C28H26F2N4O4/c29-18-9-8-17-23(24(18)30)20-15-38-14-13-31(20)19-6-2-1-5-16(19)25(17)34-22-7-3-4-11-32(22)28(37)26-27(36)21(35)10-12-33(26)34/h1-2,5-6,8-10,12,20,22,25,36H,3-4,7,11,13-15H2/t20?,22-,25-/m1/s1. The van der Waals surface area contributed by atoms with Gasteiger partial charge < -0.3 is 19.6 Å². The summed E-state index contributed by atoms with van der Waals surface area (Å²) in [5.74, 6) is -2.89. The van der Waals surface area contributed by atoms with Crippen molar-refractivity contribution in [2.75, 3.05) is 36.2 Å². The van der Waals surface area contributed by atoms with Crippen LogP contribution in [0.2, 0.25) is 0 Å². The summed E-state index contributed by atoms with van der Waals surface area (Å²) in [6.07, 6.45) is 3.37. The number of morpholine rings is 1. The Labute approximate surface area is 217 Å². The Morgan fingerprint density at radius 1 is 0.947 bits per heavy atom. The highest BCUT2D eigenvalue weighted by atomic mass is 19.2. The number of piperidine rings is 1. The number of carbonyl (C=O) groups is 1. The molecule has 2 aromatic carbocycles. The normalized spacial score (nSPS) is 24.1. The van der Waals surface area contributed by atoms with Crippen molar-refractivity contribution in [1.82, 2.24) is 9.58 Å². The van der Waals surface area contributed by atoms with E-state index in [1.807, 2.05) is 29.3 Å². The van der Waals surface area contributed by atoms with E-state index in [-0.39, 0.29) is 17.9 Å². The molecule has 2 saturated heterocycles. The lowest BCUT2D eigenvalue weighted by molar-refractivity contribution is 0.0462. The van der Waals surface area contributed by atoms with Crippen LogP contribution in [0.25, 0.3) is 0 Å². The number of para-hydroxylation sites is 1. The number of anilines is 1. The van der Waals surface area contributed by atoms with Crippen LogP contribution in [0.4, 0.5) is 14.5 Å². The van der Waals surface area contributed by atoms with Crippen molar-refractivity contribution in [3.05, 3.63) is 92.9 Å². The summed E-state index contributed by atoms with van der Waals surface area (Å²) in [7, 11) is 0. The van der Waals surface area contributed by atoms with E-state index < -0.39 is 47.0 Å². The van der Waals surface area contributed by atoms with E-state index in [0.29, 0.717) is 31.7 Å². The Morgan fingerprint density at radius 3 is 2.66 bits per heavy atom. The fraction of sp³-hybridized carbons (Fsp3) is 0.357. The Hall–Kier alpha value is -3.92. The summed E-state index contributed by atoms with van der Waals surface area (Å²) in [6.45, 7) is 1.62. The molecule has 0 aliphatic carbocycles. The van der Waals surface area contributed by atoms with Crippen molar-refractivity contribution in [2.24, 2.45) is 0 Å². The van der Waals surface area contributed by atoms with E-state index in [2.05, 4.69) is 4.90 Å². The number of aromatic hydroxyl groups is 1. The molecule has 4 aliphatic heterocycles. The first kappa shape index (κ1) is 23.2. The molecule has 0 spiro atoms. The molecule has 4 aliphatic rings. The van der Waals surface area contributed by atoms with Gasteiger partial charge in [0.25, 0.3) is 5.91 Å². The van der Waals surface area contributed by atoms with Crippen LogP contribution in [0.1, 0.15) is 58.5 Å². The highest BCUT2D eigenvalue weighted by molar-refractivity contribution is 5.96. The summed E-state index contributed by atoms with van der Waals surface area (Å²) in [5.41, 5.74) is 1.73. The van der Waals surface area contributed by atoms with Crippen LogP contribution < -0.4 is 15.3 Å². The van der Waals surface area contributed by atoms with E-state index >= 15 is 4.39 Å². The number of benzene rings is 2. The zero-order chi connectivity index (χ0) is 26.1. The topological polar surface area (TPSA) is 78.2 Å². The maximum Gasteiger partial charge on any atom is 0.278 e. The van der Waals surface area contributed by atoms with Crippen LogP contribution in [0, 0.1) is 11.6 Å². The number of hydrogen-bond donors (Lipinski definition) is 1. The number of amides is 1. The van der Waals surface area contributed by atoms with Gasteiger partial charge in [0.1, 0.15) is 12.2 Å². The molecule has 2 fully saturated rings. The average Bonchev–Trinajstić information content (AvgIpc) is 3.06. The maximum absolute atomic E-state index is 15.8. The van der Waals surface area contributed by atoms with Crippen LogP contribution in [-0.2, 0) is 4.74 Å². The predicted octanol–water partition coefficient (Wildman–Crippen LogP) is 3.42. The molecule has 0 saturated carbocycles. The number of pyridine rings is 1. The van der Waals surface area contributed by atoms with Gasteiger partial charge in [-0.3, -0.25) is 19.3 Å². The van der Waals surface area contributed by atoms with Gasteiger partial charge in [0.15, 0.2) is 23.1 Å². The SMILES string of the molecule is O=C1c2c(O)c(=O)ccn2N([C@@H]2c3ccccc3N3CCOCC3c3c2ccc(F)c3F)[C@@H]2CCCCN12. The molecule has 5 heterocycles. The van der Waals surface area contributed by atoms with Crippen molar-refractivity contribution in [1.29, 1.82) is 0 Å². The minimum absolute atomic E-state index is 0.123. The van der Waals surface area contributed by atoms with Crippen LogP contribution in [0.15, 0.2) is 53.5 Å². The second-order valence-corrected chi connectivity index (χ2v) is 10.2. The van der Waals surface area contributed by atoms with E-state index in [1.54, 1.807) is 15.6 Å². The highest BCUT2D eigenvalue weighted by Crippen LogP contribution is 2.48. The number of halogens is 2. The lowest BCUT2D eigenvalue weighted by Crippen LogP contribution is -2.63. The minimum atomic E-state index is -0.936. The molecule has 7 rings (SSSR count). The Bertz CT molecular complexity index is 1530. The maximum atomic E-state index is 15.8. The van der Waals surface area contributed by atoms with Crippen LogP contribution in [0.5, 0.6) is 5.75 Å². The number of rotatable bonds is 1. The summed E-state index contributed by atoms with van der Waals surface area (Å²) in [5, 5.41) is 12.7. The molecular weight excluding hydrogens is 494 g/mol. The van der Waals surface area contributed by atoms with E-state index in [0.717, 1.165) is 30.2 Å². The zero-order valence-electron chi connectivity index (χ0n) is 20.5. The van der Waals surface area contributed by atoms with Gasteiger partial charge >= 0.3 is 0 Å². The predicted molar refractivity (Wildman–Crippen MR) is 135 cm³/mol. The van der Waals surface area contributed by atoms with Gasteiger partial charge in [0.05, 0.1) is 19.3 Å². The molecular formula is C28H26F2N4O4. The number of ether oxygens (including phenoxy) is 1. The lowest BCUT2D eigenvalue weighted by atomic mass is 9.90. The number of nitrogens with zero attached hydrogens (tertiary/aromatic N) is 4. The number of carbonyl (C=O) groups excluding carboxylic acids is 1. The van der Waals surface area contributed by atoms with Crippen molar-refractivity contribution < 1.29 is 23.4 Å². The molecule has 1 N–H and O–H groups in total. The largest absolute Gasteiger partial charge is 0.502 e. The third-order valence-electron chi connectivity index (χ3n) is 8.27. The Kier molecular flexibility index (Phi) is 5.23. The summed E-state index contributed by atoms with van der Waals surface area (Å²) >= 11 is 0. The summed E-state index contributed by atoms with van der Waals surface area (Å²) < 4.78 is 37.9. The molecule has 8 nitrogen and oxygen atoms in total. The molecule has 1 unspecified atom stereocenters. The first-order valence-corrected chi connectivity index (χ1v) is 12.9. The third-order valence-corrected chi connectivity index (χ3v) is 8.27. The first-order valence-electron chi connectivity index (χ1n) is 12.9. The molecule has 196 valence electrons. The molecule has 0 bridgehead atoms. The molecule has 0 radical (unpaired) electrons. The van der Waals surface area contributed by atoms with E-state index in [4.69, 9.17) is 4.74 Å². The van der Waals surface area contributed by atoms with Gasteiger partial charge in [-0.2, -0.15) is 0 Å². The molecule has 3 aromatic rings. The lowest BCUT2D eigenvalue weighted by Gasteiger charge is -2.51.